The maximum atomic E-state index is 12.6. The zero-order chi connectivity index (χ0) is 37.8. The Balaban J connectivity index is 4.57. The van der Waals surface area contributed by atoms with Crippen LogP contribution in [0.4, 0.5) is 0 Å². The molecule has 0 aliphatic heterocycles. The van der Waals surface area contributed by atoms with Crippen molar-refractivity contribution in [3.8, 4) is 0 Å². The number of hydrogen-bond donors (Lipinski definition) is 0. The first kappa shape index (κ1) is 47.5. The molecule has 0 fully saturated rings. The van der Waals surface area contributed by atoms with Crippen LogP contribution in [0.2, 0.25) is 0 Å². The summed E-state index contributed by atoms with van der Waals surface area (Å²) in [4.78, 5) is 36.5. The van der Waals surface area contributed by atoms with Crippen LogP contribution in [0.1, 0.15) is 117 Å². The third-order valence-electron chi connectivity index (χ3n) is 7.79. The molecule has 8 nitrogen and oxygen atoms in total. The lowest BCUT2D eigenvalue weighted by atomic mass is 10.1. The molecule has 0 saturated heterocycles. The highest BCUT2D eigenvalue weighted by molar-refractivity contribution is 5.70. The first-order valence-corrected chi connectivity index (χ1v) is 19.1. The third kappa shape index (κ3) is 32.2. The van der Waals surface area contributed by atoms with Gasteiger partial charge in [0.2, 0.25) is 0 Å². The van der Waals surface area contributed by atoms with Crippen molar-refractivity contribution in [3.05, 3.63) is 85.1 Å². The molecule has 0 aliphatic rings. The fourth-order valence-electron chi connectivity index (χ4n) is 4.82. The molecule has 0 saturated carbocycles. The van der Waals surface area contributed by atoms with E-state index in [-0.39, 0.29) is 49.5 Å². The van der Waals surface area contributed by atoms with E-state index < -0.39 is 24.1 Å². The Labute approximate surface area is 310 Å². The molecule has 0 bridgehead atoms. The molecular formula is C43H69NO7. The minimum absolute atomic E-state index is 0.00644. The summed E-state index contributed by atoms with van der Waals surface area (Å²) in [5.41, 5.74) is 0. The van der Waals surface area contributed by atoms with E-state index in [2.05, 4.69) is 80.7 Å². The maximum Gasteiger partial charge on any atom is 0.306 e. The zero-order valence-electron chi connectivity index (χ0n) is 32.5. The first-order chi connectivity index (χ1) is 24.6. The number of ether oxygens (including phenoxy) is 3. The number of hydrogen-bond acceptors (Lipinski definition) is 7. The van der Waals surface area contributed by atoms with Crippen LogP contribution >= 0.6 is 0 Å². The minimum Gasteiger partial charge on any atom is -0.544 e. The predicted octanol–water partition coefficient (Wildman–Crippen LogP) is 8.46. The molecule has 0 aliphatic carbocycles. The summed E-state index contributed by atoms with van der Waals surface area (Å²) >= 11 is 0. The van der Waals surface area contributed by atoms with Gasteiger partial charge in [-0.05, 0) is 64.2 Å². The van der Waals surface area contributed by atoms with E-state index in [1.807, 2.05) is 18.2 Å². The number of esters is 2. The van der Waals surface area contributed by atoms with Gasteiger partial charge >= 0.3 is 11.9 Å². The Hall–Kier alpha value is -3.49. The highest BCUT2D eigenvalue weighted by atomic mass is 16.6. The molecular weight excluding hydrogens is 642 g/mol. The van der Waals surface area contributed by atoms with Gasteiger partial charge in [0.05, 0.1) is 40.3 Å². The Morgan fingerprint density at radius 3 is 1.61 bits per heavy atom. The number of carboxylic acids is 1. The van der Waals surface area contributed by atoms with Crippen LogP contribution < -0.4 is 5.11 Å². The number of aliphatic carboxylic acids is 1. The summed E-state index contributed by atoms with van der Waals surface area (Å²) in [5, 5.41) is 11.6. The number of nitrogens with zero attached hydrogens (tertiary/aromatic N) is 1. The van der Waals surface area contributed by atoms with Crippen LogP contribution in [0, 0.1) is 0 Å². The molecule has 51 heavy (non-hydrogen) atoms. The second-order valence-corrected chi connectivity index (χ2v) is 13.4. The lowest BCUT2D eigenvalue weighted by Gasteiger charge is -2.34. The zero-order valence-corrected chi connectivity index (χ0v) is 32.5. The smallest absolute Gasteiger partial charge is 0.306 e. The average molecular weight is 712 g/mol. The van der Waals surface area contributed by atoms with Gasteiger partial charge in [0.1, 0.15) is 12.6 Å². The first-order valence-electron chi connectivity index (χ1n) is 19.1. The van der Waals surface area contributed by atoms with Gasteiger partial charge in [-0.25, -0.2) is 0 Å². The van der Waals surface area contributed by atoms with Gasteiger partial charge < -0.3 is 28.6 Å². The van der Waals surface area contributed by atoms with Crippen molar-refractivity contribution in [2.75, 3.05) is 41.0 Å². The predicted molar refractivity (Wildman–Crippen MR) is 208 cm³/mol. The van der Waals surface area contributed by atoms with Crippen LogP contribution in [0.15, 0.2) is 85.1 Å². The van der Waals surface area contributed by atoms with Crippen molar-refractivity contribution in [3.63, 3.8) is 0 Å². The largest absolute Gasteiger partial charge is 0.544 e. The van der Waals surface area contributed by atoms with Gasteiger partial charge in [-0.2, -0.15) is 0 Å². The third-order valence-corrected chi connectivity index (χ3v) is 7.79. The highest BCUT2D eigenvalue weighted by Crippen LogP contribution is 2.09. The number of carboxylic acid groups (broad SMARTS) is 1. The fourth-order valence-corrected chi connectivity index (χ4v) is 4.82. The minimum atomic E-state index is -1.15. The standard InChI is InChI=1S/C43H69NO7/c1-6-8-10-12-14-16-17-18-19-20-21-22-23-24-25-26-28-30-32-34-42(46)51-39(37-49-36-35-40(43(47)48)44(3,4)5)38-50-41(45)33-31-29-27-15-13-11-9-7-2/h8,10,14,16,18-19,21-22,24-25,27-30,39-40H,6-7,9,11-13,15,17,20,23,26,31-38H2,1-5H3/b10-8+,16-14+,19-18+,22-21+,25-24+,29-27+,30-28+. The molecule has 2 unspecified atom stereocenters. The highest BCUT2D eigenvalue weighted by Gasteiger charge is 2.25. The van der Waals surface area contributed by atoms with Gasteiger partial charge in [0, 0.05) is 19.3 Å². The van der Waals surface area contributed by atoms with Crippen LogP contribution in [0.5, 0.6) is 0 Å². The molecule has 0 rings (SSSR count). The summed E-state index contributed by atoms with van der Waals surface area (Å²) < 4.78 is 16.9. The normalized spacial score (nSPS) is 14.0. The number of carbonyl (C=O) groups excluding carboxylic acids is 3. The van der Waals surface area contributed by atoms with E-state index in [1.165, 1.54) is 19.3 Å². The van der Waals surface area contributed by atoms with E-state index in [9.17, 15) is 19.5 Å². The van der Waals surface area contributed by atoms with E-state index in [0.29, 0.717) is 12.8 Å². The molecule has 0 amide bonds. The molecule has 0 aromatic rings. The summed E-state index contributed by atoms with van der Waals surface area (Å²) in [6.07, 6.45) is 42.2. The number of allylic oxidation sites excluding steroid dienone is 14. The van der Waals surface area contributed by atoms with Crippen molar-refractivity contribution in [1.29, 1.82) is 0 Å². The van der Waals surface area contributed by atoms with Crippen LogP contribution in [0.25, 0.3) is 0 Å². The average Bonchev–Trinajstić information content (AvgIpc) is 3.08. The van der Waals surface area contributed by atoms with E-state index >= 15 is 0 Å². The van der Waals surface area contributed by atoms with Crippen LogP contribution in [0.3, 0.4) is 0 Å². The molecule has 0 N–H and O–H groups in total. The number of likely N-dealkylation sites (N-methyl/N-ethyl adjacent to an activating group) is 1. The number of unbranched alkanes of at least 4 members (excludes halogenated alkanes) is 4. The van der Waals surface area contributed by atoms with Crippen LogP contribution in [-0.4, -0.2) is 75.5 Å². The quantitative estimate of drug-likeness (QED) is 0.0299. The molecule has 8 heteroatoms. The van der Waals surface area contributed by atoms with Crippen molar-refractivity contribution < 1.29 is 38.2 Å². The summed E-state index contributed by atoms with van der Waals surface area (Å²) in [6, 6.07) is -0.745. The van der Waals surface area contributed by atoms with Crippen molar-refractivity contribution >= 4 is 17.9 Å². The van der Waals surface area contributed by atoms with Gasteiger partial charge in [0.25, 0.3) is 0 Å². The van der Waals surface area contributed by atoms with Crippen LogP contribution in [-0.2, 0) is 28.6 Å². The van der Waals surface area contributed by atoms with Gasteiger partial charge in [-0.15, -0.1) is 0 Å². The fraction of sp³-hybridized carbons (Fsp3) is 0.605. The van der Waals surface area contributed by atoms with Gasteiger partial charge in [-0.1, -0.05) is 118 Å². The molecule has 0 aromatic heterocycles. The summed E-state index contributed by atoms with van der Waals surface area (Å²) in [7, 11) is 5.35. The molecule has 0 spiro atoms. The second kappa shape index (κ2) is 33.6. The van der Waals surface area contributed by atoms with E-state index in [4.69, 9.17) is 14.2 Å². The SMILES string of the molecule is CC/C=C/C/C=C/C/C=C/C/C=C/C/C=C/C/C=C/CCC(=O)OC(COCCC(C(=O)[O-])[N+](C)(C)C)COC(=O)CC/C=C/CCCCCC. The van der Waals surface area contributed by atoms with E-state index in [1.54, 1.807) is 21.1 Å². The number of quaternary nitrogens is 1. The molecule has 0 radical (unpaired) electrons. The lowest BCUT2D eigenvalue weighted by Crippen LogP contribution is -2.55. The monoisotopic (exact) mass is 712 g/mol. The van der Waals surface area contributed by atoms with Gasteiger partial charge in [0.15, 0.2) is 6.10 Å². The van der Waals surface area contributed by atoms with Gasteiger partial charge in [-0.3, -0.25) is 9.59 Å². The Morgan fingerprint density at radius 1 is 0.608 bits per heavy atom. The topological polar surface area (TPSA) is 102 Å². The number of carbonyl (C=O) groups is 3. The number of rotatable bonds is 32. The maximum absolute atomic E-state index is 12.6. The Kier molecular flexibility index (Phi) is 31.3. The Morgan fingerprint density at radius 2 is 1.10 bits per heavy atom. The Bertz CT molecular complexity index is 1110. The van der Waals surface area contributed by atoms with Crippen molar-refractivity contribution in [2.45, 2.75) is 129 Å². The van der Waals surface area contributed by atoms with Crippen molar-refractivity contribution in [2.24, 2.45) is 0 Å². The summed E-state index contributed by atoms with van der Waals surface area (Å²) in [6.45, 7) is 4.34. The van der Waals surface area contributed by atoms with E-state index in [0.717, 1.165) is 51.4 Å². The lowest BCUT2D eigenvalue weighted by molar-refractivity contribution is -0.889. The van der Waals surface area contributed by atoms with Crippen molar-refractivity contribution in [1.82, 2.24) is 0 Å². The molecule has 2 atom stereocenters. The molecule has 0 aromatic carbocycles. The summed E-state index contributed by atoms with van der Waals surface area (Å²) in [5.74, 6) is -1.93. The second-order valence-electron chi connectivity index (χ2n) is 13.4. The molecule has 0 heterocycles. The molecule has 288 valence electrons.